The molecule has 0 saturated heterocycles. The van der Waals surface area contributed by atoms with E-state index in [1.165, 1.54) is 0 Å². The fourth-order valence-corrected chi connectivity index (χ4v) is 3.87. The summed E-state index contributed by atoms with van der Waals surface area (Å²) in [6.45, 7) is 0.369. The molecule has 1 aliphatic heterocycles. The minimum absolute atomic E-state index is 0.0151. The summed E-state index contributed by atoms with van der Waals surface area (Å²) >= 11 is 5.82. The van der Waals surface area contributed by atoms with Gasteiger partial charge in [0.1, 0.15) is 4.91 Å². The zero-order valence-electron chi connectivity index (χ0n) is 11.7. The number of nitrogens with one attached hydrogen (secondary N) is 2. The van der Waals surface area contributed by atoms with Crippen LogP contribution in [-0.2, 0) is 22.1 Å². The Morgan fingerprint density at radius 3 is 2.73 bits per heavy atom. The molecule has 0 saturated carbocycles. The van der Waals surface area contributed by atoms with Crippen LogP contribution < -0.4 is 10.6 Å². The zero-order valence-corrected chi connectivity index (χ0v) is 13.2. The lowest BCUT2D eigenvalue weighted by Gasteiger charge is -2.29. The summed E-state index contributed by atoms with van der Waals surface area (Å²) in [5.41, 5.74) is 0.936. The lowest BCUT2D eigenvalue weighted by Crippen LogP contribution is -2.45. The quantitative estimate of drug-likeness (QED) is 0.889. The van der Waals surface area contributed by atoms with Crippen molar-refractivity contribution in [2.45, 2.75) is 17.8 Å². The van der Waals surface area contributed by atoms with Crippen molar-refractivity contribution < 1.29 is 9.00 Å². The fraction of sp³-hybridized carbons (Fsp3) is 0.188. The molecule has 1 heterocycles. The number of benzene rings is 1. The largest absolute Gasteiger partial charge is 0.382 e. The van der Waals surface area contributed by atoms with E-state index in [0.717, 1.165) is 5.56 Å². The summed E-state index contributed by atoms with van der Waals surface area (Å²) in [6, 6.07) is 7.22. The molecular formula is C16H15ClN2O2S. The third kappa shape index (κ3) is 3.15. The van der Waals surface area contributed by atoms with E-state index in [2.05, 4.69) is 10.6 Å². The molecule has 0 spiro atoms. The first-order valence-corrected chi connectivity index (χ1v) is 8.49. The first kappa shape index (κ1) is 15.1. The van der Waals surface area contributed by atoms with Gasteiger partial charge in [-0.25, -0.2) is 0 Å². The third-order valence-electron chi connectivity index (χ3n) is 3.55. The standard InChI is InChI=1S/C16H15ClN2O2S/c17-12-7-5-11(6-8-12)9-19-16(20)15-10-18-13-3-1-2-4-14(13)22(15)21/h1-8,10,13-14,18H,9H2,(H,19,20). The van der Waals surface area contributed by atoms with Crippen molar-refractivity contribution >= 4 is 28.3 Å². The Morgan fingerprint density at radius 1 is 1.23 bits per heavy atom. The van der Waals surface area contributed by atoms with Gasteiger partial charge in [0.15, 0.2) is 0 Å². The SMILES string of the molecule is O=C(NCc1ccc(Cl)cc1)C1=CNC2C=CC=CC2S1=O. The Kier molecular flexibility index (Phi) is 4.45. The summed E-state index contributed by atoms with van der Waals surface area (Å²) in [5.74, 6) is -0.317. The minimum atomic E-state index is -1.36. The van der Waals surface area contributed by atoms with Crippen LogP contribution in [0.25, 0.3) is 0 Å². The molecule has 1 aromatic carbocycles. The predicted molar refractivity (Wildman–Crippen MR) is 88.5 cm³/mol. The van der Waals surface area contributed by atoms with E-state index in [1.54, 1.807) is 18.3 Å². The van der Waals surface area contributed by atoms with E-state index in [0.29, 0.717) is 11.6 Å². The van der Waals surface area contributed by atoms with E-state index >= 15 is 0 Å². The summed E-state index contributed by atoms with van der Waals surface area (Å²) in [7, 11) is -1.36. The molecule has 3 rings (SSSR count). The molecule has 3 atom stereocenters. The van der Waals surface area contributed by atoms with E-state index in [-0.39, 0.29) is 22.1 Å². The molecule has 4 nitrogen and oxygen atoms in total. The van der Waals surface area contributed by atoms with Crippen molar-refractivity contribution in [1.29, 1.82) is 0 Å². The van der Waals surface area contributed by atoms with Gasteiger partial charge in [-0.15, -0.1) is 0 Å². The maximum atomic E-state index is 12.5. The van der Waals surface area contributed by atoms with Crippen LogP contribution in [0.3, 0.4) is 0 Å². The number of carbonyl (C=O) groups is 1. The lowest BCUT2D eigenvalue weighted by atomic mass is 10.1. The number of carbonyl (C=O) groups excluding carboxylic acids is 1. The number of fused-ring (bicyclic) bond motifs is 1. The second-order valence-electron chi connectivity index (χ2n) is 5.04. The Balaban J connectivity index is 1.66. The van der Waals surface area contributed by atoms with Gasteiger partial charge >= 0.3 is 0 Å². The molecule has 0 radical (unpaired) electrons. The highest BCUT2D eigenvalue weighted by molar-refractivity contribution is 7.91. The Bertz CT molecular complexity index is 695. The van der Waals surface area contributed by atoms with Gasteiger partial charge in [-0.3, -0.25) is 9.00 Å². The predicted octanol–water partition coefficient (Wildman–Crippen LogP) is 2.01. The monoisotopic (exact) mass is 334 g/mol. The third-order valence-corrected chi connectivity index (χ3v) is 5.48. The Morgan fingerprint density at radius 2 is 1.95 bits per heavy atom. The molecule has 0 bridgehead atoms. The van der Waals surface area contributed by atoms with Crippen molar-refractivity contribution in [3.8, 4) is 0 Å². The second-order valence-corrected chi connectivity index (χ2v) is 7.06. The topological polar surface area (TPSA) is 58.2 Å². The number of rotatable bonds is 3. The number of halogens is 1. The van der Waals surface area contributed by atoms with Gasteiger partial charge in [0, 0.05) is 17.8 Å². The normalized spacial score (nSPS) is 25.9. The van der Waals surface area contributed by atoms with Crippen LogP contribution in [-0.4, -0.2) is 21.4 Å². The first-order chi connectivity index (χ1) is 10.6. The number of amides is 1. The lowest BCUT2D eigenvalue weighted by molar-refractivity contribution is -0.117. The van der Waals surface area contributed by atoms with Crippen molar-refractivity contribution in [2.24, 2.45) is 0 Å². The first-order valence-electron chi connectivity index (χ1n) is 6.89. The van der Waals surface area contributed by atoms with Gasteiger partial charge in [0.05, 0.1) is 22.1 Å². The second kappa shape index (κ2) is 6.50. The smallest absolute Gasteiger partial charge is 0.262 e. The van der Waals surface area contributed by atoms with Crippen LogP contribution in [0.4, 0.5) is 0 Å². The van der Waals surface area contributed by atoms with Gasteiger partial charge in [0.2, 0.25) is 0 Å². The maximum Gasteiger partial charge on any atom is 0.262 e. The molecular weight excluding hydrogens is 320 g/mol. The van der Waals surface area contributed by atoms with Gasteiger partial charge in [-0.2, -0.15) is 0 Å². The average Bonchev–Trinajstić information content (AvgIpc) is 2.55. The molecule has 1 aliphatic carbocycles. The van der Waals surface area contributed by atoms with Crippen molar-refractivity contribution in [3.05, 3.63) is 70.3 Å². The van der Waals surface area contributed by atoms with Gasteiger partial charge < -0.3 is 10.6 Å². The van der Waals surface area contributed by atoms with Crippen LogP contribution in [0.1, 0.15) is 5.56 Å². The van der Waals surface area contributed by atoms with Crippen LogP contribution in [0.5, 0.6) is 0 Å². The van der Waals surface area contributed by atoms with Crippen LogP contribution in [0, 0.1) is 0 Å². The van der Waals surface area contributed by atoms with Crippen molar-refractivity contribution in [1.82, 2.24) is 10.6 Å². The van der Waals surface area contributed by atoms with Crippen LogP contribution in [0.15, 0.2) is 59.7 Å². The van der Waals surface area contributed by atoms with E-state index in [9.17, 15) is 9.00 Å². The average molecular weight is 335 g/mol. The summed E-state index contributed by atoms with van der Waals surface area (Å²) < 4.78 is 12.5. The molecule has 6 heteroatoms. The number of hydrogen-bond acceptors (Lipinski definition) is 3. The van der Waals surface area contributed by atoms with Gasteiger partial charge in [-0.1, -0.05) is 48.0 Å². The van der Waals surface area contributed by atoms with Crippen molar-refractivity contribution in [2.75, 3.05) is 0 Å². The van der Waals surface area contributed by atoms with Gasteiger partial charge in [-0.05, 0) is 17.7 Å². The van der Waals surface area contributed by atoms with Gasteiger partial charge in [0.25, 0.3) is 5.91 Å². The Hall–Kier alpha value is -1.85. The molecule has 0 fully saturated rings. The molecule has 0 aromatic heterocycles. The molecule has 22 heavy (non-hydrogen) atoms. The highest BCUT2D eigenvalue weighted by Crippen LogP contribution is 2.21. The van der Waals surface area contributed by atoms with Crippen molar-refractivity contribution in [3.63, 3.8) is 0 Å². The molecule has 1 aromatic rings. The highest BCUT2D eigenvalue weighted by Gasteiger charge is 2.33. The Labute approximate surface area is 136 Å². The summed E-state index contributed by atoms with van der Waals surface area (Å²) in [5, 5.41) is 6.35. The van der Waals surface area contributed by atoms with Crippen LogP contribution >= 0.6 is 11.6 Å². The van der Waals surface area contributed by atoms with E-state index < -0.39 is 10.8 Å². The number of allylic oxidation sites excluding steroid dienone is 2. The summed E-state index contributed by atoms with van der Waals surface area (Å²) in [6.07, 6.45) is 9.13. The summed E-state index contributed by atoms with van der Waals surface area (Å²) in [4.78, 5) is 12.5. The fourth-order valence-electron chi connectivity index (χ4n) is 2.35. The van der Waals surface area contributed by atoms with Crippen LogP contribution in [0.2, 0.25) is 5.02 Å². The number of hydrogen-bond donors (Lipinski definition) is 2. The highest BCUT2D eigenvalue weighted by atomic mass is 35.5. The van der Waals surface area contributed by atoms with E-state index in [4.69, 9.17) is 11.6 Å². The molecule has 2 aliphatic rings. The maximum absolute atomic E-state index is 12.5. The molecule has 3 unspecified atom stereocenters. The van der Waals surface area contributed by atoms with E-state index in [1.807, 2.05) is 36.4 Å². The minimum Gasteiger partial charge on any atom is -0.382 e. The molecule has 114 valence electrons. The zero-order chi connectivity index (χ0) is 15.5. The molecule has 1 amide bonds. The molecule has 2 N–H and O–H groups in total.